The predicted octanol–water partition coefficient (Wildman–Crippen LogP) is 1.51. The number of ether oxygens (including phenoxy) is 2. The normalized spacial score (nSPS) is 15.6. The van der Waals surface area contributed by atoms with Crippen molar-refractivity contribution in [2.24, 2.45) is 4.40 Å². The molecular weight excluding hydrogens is 284 g/mol. The molecule has 0 atom stereocenters. The summed E-state index contributed by atoms with van der Waals surface area (Å²) in [5.74, 6) is -0.225. The van der Waals surface area contributed by atoms with Gasteiger partial charge < -0.3 is 14.8 Å². The number of nitrogens with zero attached hydrogens (tertiary/aromatic N) is 1. The zero-order valence-corrected chi connectivity index (χ0v) is 11.9. The highest BCUT2D eigenvalue weighted by atomic mass is 32.2. The minimum atomic E-state index is -3.92. The van der Waals surface area contributed by atoms with E-state index in [2.05, 4.69) is 9.71 Å². The largest absolute Gasteiger partial charge is 0.495 e. The molecular formula is C12H14N2O5S. The summed E-state index contributed by atoms with van der Waals surface area (Å²) in [5.41, 5.74) is 0.212. The van der Waals surface area contributed by atoms with Gasteiger partial charge >= 0.3 is 12.0 Å². The third-order valence-corrected chi connectivity index (χ3v) is 3.89. The molecule has 1 aromatic carbocycles. The van der Waals surface area contributed by atoms with Gasteiger partial charge in [-0.3, -0.25) is 4.79 Å². The average molecular weight is 298 g/mol. The molecule has 0 unspecified atom stereocenters. The maximum atomic E-state index is 12.0. The van der Waals surface area contributed by atoms with E-state index in [0.29, 0.717) is 12.2 Å². The van der Waals surface area contributed by atoms with Gasteiger partial charge in [0.05, 0.1) is 7.11 Å². The fourth-order valence-corrected chi connectivity index (χ4v) is 2.77. The summed E-state index contributed by atoms with van der Waals surface area (Å²) < 4.78 is 37.4. The minimum Gasteiger partial charge on any atom is -0.495 e. The first kappa shape index (κ1) is 14.3. The first-order valence-corrected chi connectivity index (χ1v) is 7.41. The Kier molecular flexibility index (Phi) is 3.93. The minimum absolute atomic E-state index is 0.0212. The molecule has 0 fully saturated rings. The first-order valence-electron chi connectivity index (χ1n) is 5.97. The number of methoxy groups -OCH3 is 1. The van der Waals surface area contributed by atoms with Crippen molar-refractivity contribution in [1.29, 1.82) is 0 Å². The second-order valence-electron chi connectivity index (χ2n) is 4.05. The molecule has 1 heterocycles. The lowest BCUT2D eigenvalue weighted by Crippen LogP contribution is -2.26. The van der Waals surface area contributed by atoms with E-state index in [1.165, 1.54) is 13.2 Å². The summed E-state index contributed by atoms with van der Waals surface area (Å²) in [7, 11) is -2.50. The van der Waals surface area contributed by atoms with Crippen LogP contribution in [0.4, 0.5) is 5.69 Å². The summed E-state index contributed by atoms with van der Waals surface area (Å²) in [6.07, 6.45) is 0.776. The van der Waals surface area contributed by atoms with E-state index in [-0.39, 0.29) is 23.0 Å². The van der Waals surface area contributed by atoms with Crippen molar-refractivity contribution in [1.82, 2.24) is 0 Å². The number of carbonyl (C=O) groups is 1. The van der Waals surface area contributed by atoms with Crippen LogP contribution in [0.2, 0.25) is 0 Å². The molecule has 20 heavy (non-hydrogen) atoms. The van der Waals surface area contributed by atoms with Crippen LogP contribution < -0.4 is 10.1 Å². The molecule has 0 saturated heterocycles. The third-order valence-electron chi connectivity index (χ3n) is 2.59. The van der Waals surface area contributed by atoms with E-state index in [1.54, 1.807) is 12.1 Å². The van der Waals surface area contributed by atoms with Crippen LogP contribution in [-0.2, 0) is 19.6 Å². The Morgan fingerprint density at radius 3 is 2.80 bits per heavy atom. The van der Waals surface area contributed by atoms with E-state index in [0.717, 1.165) is 0 Å². The molecule has 108 valence electrons. The van der Waals surface area contributed by atoms with Crippen LogP contribution in [-0.4, -0.2) is 27.5 Å². The van der Waals surface area contributed by atoms with Gasteiger partial charge in [0, 0.05) is 6.42 Å². The van der Waals surface area contributed by atoms with Crippen molar-refractivity contribution in [3.63, 3.8) is 0 Å². The molecule has 7 nitrogen and oxygen atoms in total. The lowest BCUT2D eigenvalue weighted by molar-refractivity contribution is -0.135. The van der Waals surface area contributed by atoms with Crippen LogP contribution >= 0.6 is 0 Å². The molecule has 1 N–H and O–H groups in total. The molecule has 0 amide bonds. The zero-order valence-electron chi connectivity index (χ0n) is 11.0. The van der Waals surface area contributed by atoms with Gasteiger partial charge in [0.15, 0.2) is 0 Å². The Morgan fingerprint density at radius 1 is 1.40 bits per heavy atom. The molecule has 0 bridgehead atoms. The molecule has 0 radical (unpaired) electrons. The van der Waals surface area contributed by atoms with Gasteiger partial charge in [0.1, 0.15) is 16.3 Å². The number of para-hydroxylation sites is 1. The van der Waals surface area contributed by atoms with E-state index in [1.807, 2.05) is 6.92 Å². The number of carbonyl (C=O) groups excluding carboxylic acids is 1. The van der Waals surface area contributed by atoms with E-state index >= 15 is 0 Å². The topological polar surface area (TPSA) is 94.1 Å². The van der Waals surface area contributed by atoms with E-state index in [4.69, 9.17) is 9.47 Å². The van der Waals surface area contributed by atoms with Crippen LogP contribution in [0.3, 0.4) is 0 Å². The number of sulfonamides is 1. The van der Waals surface area contributed by atoms with Crippen molar-refractivity contribution in [3.05, 3.63) is 18.2 Å². The molecule has 1 aliphatic rings. The maximum Gasteiger partial charge on any atom is 0.313 e. The highest BCUT2D eigenvalue weighted by molar-refractivity contribution is 7.90. The molecule has 1 aromatic rings. The maximum absolute atomic E-state index is 12.0. The highest BCUT2D eigenvalue weighted by Gasteiger charge is 2.29. The molecule has 0 aromatic heterocycles. The average Bonchev–Trinajstić information content (AvgIpc) is 2.37. The summed E-state index contributed by atoms with van der Waals surface area (Å²) in [6, 6.07) is 4.17. The van der Waals surface area contributed by atoms with Crippen LogP contribution in [0.15, 0.2) is 27.5 Å². The van der Waals surface area contributed by atoms with Gasteiger partial charge in [-0.15, -0.1) is 4.40 Å². The Balaban J connectivity index is 2.38. The van der Waals surface area contributed by atoms with Gasteiger partial charge in [-0.2, -0.15) is 8.42 Å². The predicted molar refractivity (Wildman–Crippen MR) is 72.2 cm³/mol. The molecule has 0 saturated carbocycles. The van der Waals surface area contributed by atoms with Crippen molar-refractivity contribution in [2.75, 3.05) is 12.4 Å². The smallest absolute Gasteiger partial charge is 0.313 e. The number of anilines is 1. The first-order chi connectivity index (χ1) is 9.47. The van der Waals surface area contributed by atoms with E-state index < -0.39 is 16.0 Å². The Hall–Kier alpha value is -2.09. The number of benzene rings is 1. The number of rotatable bonds is 3. The lowest BCUT2D eigenvalue weighted by Gasteiger charge is -2.19. The Morgan fingerprint density at radius 2 is 2.15 bits per heavy atom. The summed E-state index contributed by atoms with van der Waals surface area (Å²) in [6.45, 7) is 1.81. The SMILES string of the molecule is CCCC(=O)OC1=NS(=O)(=O)c2cccc(OC)c2N1. The molecule has 0 aliphatic carbocycles. The van der Waals surface area contributed by atoms with E-state index in [9.17, 15) is 13.2 Å². The lowest BCUT2D eigenvalue weighted by atomic mass is 10.3. The monoisotopic (exact) mass is 298 g/mol. The number of hydrogen-bond acceptors (Lipinski definition) is 6. The third kappa shape index (κ3) is 2.74. The Bertz CT molecular complexity index is 666. The van der Waals surface area contributed by atoms with Crippen molar-refractivity contribution in [3.8, 4) is 5.75 Å². The second-order valence-corrected chi connectivity index (χ2v) is 5.63. The molecule has 1 aliphatic heterocycles. The molecule has 8 heteroatoms. The van der Waals surface area contributed by atoms with Gasteiger partial charge in [0.25, 0.3) is 10.0 Å². The van der Waals surface area contributed by atoms with Crippen LogP contribution in [0.25, 0.3) is 0 Å². The number of hydrogen-bond donors (Lipinski definition) is 1. The summed E-state index contributed by atoms with van der Waals surface area (Å²) >= 11 is 0. The quantitative estimate of drug-likeness (QED) is 0.850. The van der Waals surface area contributed by atoms with Gasteiger partial charge in [-0.25, -0.2) is 0 Å². The Labute approximate surface area is 116 Å². The number of fused-ring (bicyclic) bond motifs is 1. The van der Waals surface area contributed by atoms with Gasteiger partial charge in [0.2, 0.25) is 0 Å². The molecule has 2 rings (SSSR count). The van der Waals surface area contributed by atoms with Gasteiger partial charge in [-0.1, -0.05) is 13.0 Å². The van der Waals surface area contributed by atoms with Gasteiger partial charge in [-0.05, 0) is 18.6 Å². The number of nitrogens with one attached hydrogen (secondary N) is 1. The van der Waals surface area contributed by atoms with Crippen molar-refractivity contribution in [2.45, 2.75) is 24.7 Å². The fraction of sp³-hybridized carbons (Fsp3) is 0.333. The van der Waals surface area contributed by atoms with Crippen LogP contribution in [0.5, 0.6) is 5.75 Å². The van der Waals surface area contributed by atoms with Crippen molar-refractivity contribution >= 4 is 27.7 Å². The van der Waals surface area contributed by atoms with Crippen LogP contribution in [0, 0.1) is 0 Å². The van der Waals surface area contributed by atoms with Crippen LogP contribution in [0.1, 0.15) is 19.8 Å². The zero-order chi connectivity index (χ0) is 14.8. The second kappa shape index (κ2) is 5.49. The number of esters is 1. The summed E-state index contributed by atoms with van der Waals surface area (Å²) in [4.78, 5) is 11.4. The standard InChI is InChI=1S/C12H14N2O5S/c1-3-5-10(15)19-12-13-11-8(18-2)6-4-7-9(11)20(16,17)14-12/h4,6-7H,3,5H2,1-2H3,(H,13,14). The fourth-order valence-electron chi connectivity index (χ4n) is 1.71. The molecule has 0 spiro atoms. The highest BCUT2D eigenvalue weighted by Crippen LogP contribution is 2.35. The van der Waals surface area contributed by atoms with Crippen molar-refractivity contribution < 1.29 is 22.7 Å². The summed E-state index contributed by atoms with van der Waals surface area (Å²) in [5, 5.41) is 2.66. The number of amidine groups is 1.